The first kappa shape index (κ1) is 13.2. The lowest BCUT2D eigenvalue weighted by Crippen LogP contribution is -2.03. The molecule has 0 amide bonds. The number of aromatic hydroxyl groups is 1. The van der Waals surface area contributed by atoms with E-state index in [1.165, 1.54) is 6.07 Å². The smallest absolute Gasteiger partial charge is 0.339 e. The number of halogens is 1. The van der Waals surface area contributed by atoms with Crippen LogP contribution in [-0.2, 0) is 6.54 Å². The predicted molar refractivity (Wildman–Crippen MR) is 73.8 cm³/mol. The highest BCUT2D eigenvalue weighted by atomic mass is 35.5. The van der Waals surface area contributed by atoms with E-state index < -0.39 is 5.97 Å². The van der Waals surface area contributed by atoms with Crippen LogP contribution in [0.4, 0.5) is 5.69 Å². The second-order valence-electron chi connectivity index (χ2n) is 3.98. The highest BCUT2D eigenvalue weighted by Crippen LogP contribution is 2.23. The lowest BCUT2D eigenvalue weighted by molar-refractivity contribution is 0.0693. The van der Waals surface area contributed by atoms with E-state index in [4.69, 9.17) is 16.7 Å². The van der Waals surface area contributed by atoms with Crippen LogP contribution in [0.15, 0.2) is 42.5 Å². The number of hydrogen-bond donors (Lipinski definition) is 3. The lowest BCUT2D eigenvalue weighted by Gasteiger charge is -2.09. The molecular formula is C14H12ClNO3. The summed E-state index contributed by atoms with van der Waals surface area (Å²) in [6.07, 6.45) is 0. The van der Waals surface area contributed by atoms with Gasteiger partial charge < -0.3 is 15.5 Å². The highest BCUT2D eigenvalue weighted by molar-refractivity contribution is 6.30. The molecule has 0 heterocycles. The average molecular weight is 278 g/mol. The van der Waals surface area contributed by atoms with E-state index in [2.05, 4.69) is 5.32 Å². The van der Waals surface area contributed by atoms with Gasteiger partial charge in [0.25, 0.3) is 0 Å². The number of nitrogens with one attached hydrogen (secondary N) is 1. The Morgan fingerprint density at radius 1 is 1.16 bits per heavy atom. The predicted octanol–water partition coefficient (Wildman–Crippen LogP) is 3.36. The molecule has 0 spiro atoms. The van der Waals surface area contributed by atoms with Gasteiger partial charge in [0.1, 0.15) is 11.3 Å². The Morgan fingerprint density at radius 2 is 1.84 bits per heavy atom. The summed E-state index contributed by atoms with van der Waals surface area (Å²) in [7, 11) is 0. The van der Waals surface area contributed by atoms with E-state index in [1.807, 2.05) is 0 Å². The molecule has 0 fully saturated rings. The zero-order valence-corrected chi connectivity index (χ0v) is 10.7. The molecule has 5 heteroatoms. The molecule has 0 aromatic heterocycles. The summed E-state index contributed by atoms with van der Waals surface area (Å²) in [6, 6.07) is 11.7. The van der Waals surface area contributed by atoms with E-state index in [-0.39, 0.29) is 11.3 Å². The standard InChI is InChI=1S/C14H12ClNO3/c15-10-4-6-11(7-5-10)16-8-9-2-1-3-12(13(9)17)14(18)19/h1-7,16-17H,8H2,(H,18,19). The maximum atomic E-state index is 10.9. The average Bonchev–Trinajstić information content (AvgIpc) is 2.39. The molecule has 3 N–H and O–H groups in total. The number of aromatic carboxylic acids is 1. The number of benzene rings is 2. The van der Waals surface area contributed by atoms with Gasteiger partial charge in [0, 0.05) is 22.8 Å². The van der Waals surface area contributed by atoms with Gasteiger partial charge in [-0.25, -0.2) is 4.79 Å². The number of hydrogen-bond acceptors (Lipinski definition) is 3. The third kappa shape index (κ3) is 3.17. The van der Waals surface area contributed by atoms with Crippen molar-refractivity contribution in [2.75, 3.05) is 5.32 Å². The normalized spacial score (nSPS) is 10.2. The number of anilines is 1. The molecule has 2 aromatic rings. The minimum atomic E-state index is -1.15. The minimum absolute atomic E-state index is 0.101. The number of carboxylic acid groups (broad SMARTS) is 1. The molecule has 2 rings (SSSR count). The molecule has 0 unspecified atom stereocenters. The van der Waals surface area contributed by atoms with Crippen molar-refractivity contribution in [3.63, 3.8) is 0 Å². The van der Waals surface area contributed by atoms with Crippen LogP contribution in [-0.4, -0.2) is 16.2 Å². The van der Waals surface area contributed by atoms with Crippen LogP contribution >= 0.6 is 11.6 Å². The topological polar surface area (TPSA) is 69.6 Å². The Balaban J connectivity index is 2.13. The van der Waals surface area contributed by atoms with Crippen LogP contribution in [0, 0.1) is 0 Å². The Hall–Kier alpha value is -2.20. The van der Waals surface area contributed by atoms with Gasteiger partial charge in [0.15, 0.2) is 0 Å². The van der Waals surface area contributed by atoms with Crippen molar-refractivity contribution < 1.29 is 15.0 Å². The fourth-order valence-electron chi connectivity index (χ4n) is 1.67. The largest absolute Gasteiger partial charge is 0.507 e. The quantitative estimate of drug-likeness (QED) is 0.801. The molecule has 19 heavy (non-hydrogen) atoms. The van der Waals surface area contributed by atoms with E-state index >= 15 is 0 Å². The first-order chi connectivity index (χ1) is 9.08. The maximum absolute atomic E-state index is 10.9. The molecule has 0 saturated heterocycles. The second-order valence-corrected chi connectivity index (χ2v) is 4.42. The summed E-state index contributed by atoms with van der Waals surface area (Å²) < 4.78 is 0. The third-order valence-corrected chi connectivity index (χ3v) is 2.93. The van der Waals surface area contributed by atoms with E-state index in [9.17, 15) is 9.90 Å². The van der Waals surface area contributed by atoms with Crippen molar-refractivity contribution in [3.05, 3.63) is 58.6 Å². The molecule has 4 nitrogen and oxygen atoms in total. The van der Waals surface area contributed by atoms with Crippen LogP contribution in [0.25, 0.3) is 0 Å². The summed E-state index contributed by atoms with van der Waals surface area (Å²) in [5, 5.41) is 22.5. The summed E-state index contributed by atoms with van der Waals surface area (Å²) in [6.45, 7) is 0.328. The number of phenols is 1. The second kappa shape index (κ2) is 5.63. The molecular weight excluding hydrogens is 266 g/mol. The van der Waals surface area contributed by atoms with Gasteiger partial charge in [0.2, 0.25) is 0 Å². The van der Waals surface area contributed by atoms with Gasteiger partial charge in [-0.05, 0) is 30.3 Å². The summed E-state index contributed by atoms with van der Waals surface area (Å²) in [5.74, 6) is -1.36. The van der Waals surface area contributed by atoms with Gasteiger partial charge in [0.05, 0.1) is 0 Å². The number of rotatable bonds is 4. The van der Waals surface area contributed by atoms with Crippen molar-refractivity contribution in [1.29, 1.82) is 0 Å². The molecule has 0 bridgehead atoms. The van der Waals surface area contributed by atoms with Crippen LogP contribution in [0.1, 0.15) is 15.9 Å². The molecule has 0 atom stereocenters. The van der Waals surface area contributed by atoms with Crippen LogP contribution in [0.5, 0.6) is 5.75 Å². The van der Waals surface area contributed by atoms with Crippen molar-refractivity contribution in [2.45, 2.75) is 6.54 Å². The Bertz CT molecular complexity index is 596. The molecule has 0 saturated carbocycles. The van der Waals surface area contributed by atoms with Gasteiger partial charge in [-0.2, -0.15) is 0 Å². The van der Waals surface area contributed by atoms with Crippen molar-refractivity contribution in [1.82, 2.24) is 0 Å². The lowest BCUT2D eigenvalue weighted by atomic mass is 10.1. The zero-order valence-electron chi connectivity index (χ0n) is 9.93. The molecule has 0 aliphatic carbocycles. The van der Waals surface area contributed by atoms with Gasteiger partial charge in [-0.3, -0.25) is 0 Å². The van der Waals surface area contributed by atoms with E-state index in [1.54, 1.807) is 36.4 Å². The fourth-order valence-corrected chi connectivity index (χ4v) is 1.80. The minimum Gasteiger partial charge on any atom is -0.507 e. The van der Waals surface area contributed by atoms with Crippen molar-refractivity contribution >= 4 is 23.3 Å². The SMILES string of the molecule is O=C(O)c1cccc(CNc2ccc(Cl)cc2)c1O. The maximum Gasteiger partial charge on any atom is 0.339 e. The summed E-state index contributed by atoms with van der Waals surface area (Å²) in [5.41, 5.74) is 1.26. The van der Waals surface area contributed by atoms with Crippen LogP contribution in [0.2, 0.25) is 5.02 Å². The molecule has 98 valence electrons. The monoisotopic (exact) mass is 277 g/mol. The third-order valence-electron chi connectivity index (χ3n) is 2.68. The van der Waals surface area contributed by atoms with Gasteiger partial charge in [-0.1, -0.05) is 23.7 Å². The van der Waals surface area contributed by atoms with Gasteiger partial charge >= 0.3 is 5.97 Å². The van der Waals surface area contributed by atoms with Crippen molar-refractivity contribution in [2.24, 2.45) is 0 Å². The Kier molecular flexibility index (Phi) is 3.92. The number of carboxylic acids is 1. The van der Waals surface area contributed by atoms with Crippen LogP contribution in [0.3, 0.4) is 0 Å². The van der Waals surface area contributed by atoms with Crippen LogP contribution < -0.4 is 5.32 Å². The summed E-state index contributed by atoms with van der Waals surface area (Å²) >= 11 is 5.78. The highest BCUT2D eigenvalue weighted by Gasteiger charge is 2.12. The molecule has 2 aromatic carbocycles. The first-order valence-corrected chi connectivity index (χ1v) is 5.99. The fraction of sp³-hybridized carbons (Fsp3) is 0.0714. The Labute approximate surface area is 115 Å². The van der Waals surface area contributed by atoms with E-state index in [0.29, 0.717) is 17.1 Å². The number of para-hydroxylation sites is 1. The molecule has 0 radical (unpaired) electrons. The summed E-state index contributed by atoms with van der Waals surface area (Å²) in [4.78, 5) is 10.9. The van der Waals surface area contributed by atoms with E-state index in [0.717, 1.165) is 5.69 Å². The molecule has 0 aliphatic rings. The molecule has 0 aliphatic heterocycles. The zero-order chi connectivity index (χ0) is 13.8. The van der Waals surface area contributed by atoms with Gasteiger partial charge in [-0.15, -0.1) is 0 Å². The van der Waals surface area contributed by atoms with Crippen molar-refractivity contribution in [3.8, 4) is 5.75 Å². The number of carbonyl (C=O) groups is 1. The first-order valence-electron chi connectivity index (χ1n) is 5.61. The Morgan fingerprint density at radius 3 is 2.47 bits per heavy atom.